The Morgan fingerprint density at radius 3 is 2.89 bits per heavy atom. The fourth-order valence-electron chi connectivity index (χ4n) is 2.54. The number of nitrogens with zero attached hydrogens (tertiary/aromatic N) is 3. The van der Waals surface area contributed by atoms with Gasteiger partial charge in [-0.2, -0.15) is 0 Å². The number of carbonyl (C=O) groups excluding carboxylic acids is 1. The van der Waals surface area contributed by atoms with Crippen LogP contribution in [0, 0.1) is 11.7 Å². The van der Waals surface area contributed by atoms with Crippen molar-refractivity contribution in [1.29, 1.82) is 0 Å². The molecule has 1 aromatic carbocycles. The van der Waals surface area contributed by atoms with Gasteiger partial charge in [-0.05, 0) is 42.0 Å². The molecule has 2 aromatic heterocycles. The SMILES string of the molecule is CC(C)COCCCNC(=O)c1nc(-c2cccs2)n(-c2cccc(F)c2)n1. The van der Waals surface area contributed by atoms with E-state index in [0.717, 1.165) is 4.88 Å². The minimum atomic E-state index is -0.377. The van der Waals surface area contributed by atoms with E-state index in [4.69, 9.17) is 4.74 Å². The molecule has 0 atom stereocenters. The van der Waals surface area contributed by atoms with Crippen LogP contribution in [0.3, 0.4) is 0 Å². The zero-order chi connectivity index (χ0) is 19.9. The normalized spacial score (nSPS) is 11.1. The van der Waals surface area contributed by atoms with E-state index in [1.807, 2.05) is 17.5 Å². The molecule has 0 unspecified atom stereocenters. The van der Waals surface area contributed by atoms with Crippen LogP contribution in [0.2, 0.25) is 0 Å². The fourth-order valence-corrected chi connectivity index (χ4v) is 3.23. The number of benzene rings is 1. The number of amides is 1. The topological polar surface area (TPSA) is 69.0 Å². The summed E-state index contributed by atoms with van der Waals surface area (Å²) in [4.78, 5) is 17.7. The highest BCUT2D eigenvalue weighted by Gasteiger charge is 2.19. The first-order chi connectivity index (χ1) is 13.5. The maximum absolute atomic E-state index is 13.7. The minimum absolute atomic E-state index is 0.0516. The zero-order valence-corrected chi connectivity index (χ0v) is 16.7. The van der Waals surface area contributed by atoms with Gasteiger partial charge in [0.15, 0.2) is 5.82 Å². The molecule has 0 bridgehead atoms. The van der Waals surface area contributed by atoms with Gasteiger partial charge in [0.2, 0.25) is 5.82 Å². The molecular weight excluding hydrogens is 379 g/mol. The summed E-state index contributed by atoms with van der Waals surface area (Å²) in [6, 6.07) is 9.82. The van der Waals surface area contributed by atoms with Gasteiger partial charge in [0.05, 0.1) is 10.6 Å². The summed E-state index contributed by atoms with van der Waals surface area (Å²) >= 11 is 1.48. The molecule has 0 radical (unpaired) electrons. The molecule has 0 aliphatic rings. The van der Waals surface area contributed by atoms with E-state index in [0.29, 0.717) is 43.6 Å². The third-order valence-corrected chi connectivity index (χ3v) is 4.67. The van der Waals surface area contributed by atoms with E-state index >= 15 is 0 Å². The Labute approximate surface area is 167 Å². The first-order valence-electron chi connectivity index (χ1n) is 9.17. The summed E-state index contributed by atoms with van der Waals surface area (Å²) in [6.45, 7) is 5.95. The highest BCUT2D eigenvalue weighted by Crippen LogP contribution is 2.25. The molecule has 8 heteroatoms. The van der Waals surface area contributed by atoms with Crippen LogP contribution in [-0.4, -0.2) is 40.4 Å². The van der Waals surface area contributed by atoms with Gasteiger partial charge in [0, 0.05) is 19.8 Å². The van der Waals surface area contributed by atoms with Crippen molar-refractivity contribution in [3.05, 3.63) is 53.4 Å². The molecule has 0 aliphatic heterocycles. The van der Waals surface area contributed by atoms with Crippen molar-refractivity contribution in [3.63, 3.8) is 0 Å². The number of thiophene rings is 1. The van der Waals surface area contributed by atoms with Gasteiger partial charge < -0.3 is 10.1 Å². The Balaban J connectivity index is 1.72. The van der Waals surface area contributed by atoms with Crippen molar-refractivity contribution < 1.29 is 13.9 Å². The summed E-state index contributed by atoms with van der Waals surface area (Å²) < 4.78 is 20.7. The molecule has 0 aliphatic carbocycles. The van der Waals surface area contributed by atoms with E-state index < -0.39 is 0 Å². The maximum Gasteiger partial charge on any atom is 0.290 e. The third kappa shape index (κ3) is 5.24. The van der Waals surface area contributed by atoms with E-state index in [1.165, 1.54) is 28.2 Å². The van der Waals surface area contributed by atoms with Gasteiger partial charge >= 0.3 is 0 Å². The number of rotatable bonds is 9. The van der Waals surface area contributed by atoms with Crippen LogP contribution < -0.4 is 5.32 Å². The Morgan fingerprint density at radius 1 is 1.32 bits per heavy atom. The predicted octanol–water partition coefficient (Wildman–Crippen LogP) is 3.93. The standard InChI is InChI=1S/C20H23FN4O2S/c1-14(2)13-27-10-5-9-22-20(26)18-23-19(17-8-4-11-28-17)25(24-18)16-7-3-6-15(21)12-16/h3-4,6-8,11-12,14H,5,9-10,13H2,1-2H3,(H,22,26). The second kappa shape index (κ2) is 9.57. The fraction of sp³-hybridized carbons (Fsp3) is 0.350. The quantitative estimate of drug-likeness (QED) is 0.551. The van der Waals surface area contributed by atoms with Crippen molar-refractivity contribution >= 4 is 17.2 Å². The van der Waals surface area contributed by atoms with Crippen molar-refractivity contribution in [2.45, 2.75) is 20.3 Å². The van der Waals surface area contributed by atoms with E-state index in [1.54, 1.807) is 12.1 Å². The molecule has 0 spiro atoms. The summed E-state index contributed by atoms with van der Waals surface area (Å²) in [6.07, 6.45) is 0.709. The highest BCUT2D eigenvalue weighted by atomic mass is 32.1. The molecule has 3 rings (SSSR count). The van der Waals surface area contributed by atoms with Gasteiger partial charge in [-0.25, -0.2) is 14.1 Å². The van der Waals surface area contributed by atoms with Crippen LogP contribution >= 0.6 is 11.3 Å². The Kier molecular flexibility index (Phi) is 6.89. The summed E-state index contributed by atoms with van der Waals surface area (Å²) in [5, 5.41) is 9.04. The Morgan fingerprint density at radius 2 is 2.18 bits per heavy atom. The van der Waals surface area contributed by atoms with Gasteiger partial charge in [-0.3, -0.25) is 4.79 Å². The molecule has 0 saturated heterocycles. The van der Waals surface area contributed by atoms with Crippen LogP contribution in [0.25, 0.3) is 16.4 Å². The van der Waals surface area contributed by atoms with Crippen molar-refractivity contribution in [2.75, 3.05) is 19.8 Å². The minimum Gasteiger partial charge on any atom is -0.381 e. The lowest BCUT2D eigenvalue weighted by molar-refractivity contribution is 0.0916. The number of hydrogen-bond acceptors (Lipinski definition) is 5. The molecule has 6 nitrogen and oxygen atoms in total. The summed E-state index contributed by atoms with van der Waals surface area (Å²) in [7, 11) is 0. The molecule has 0 fully saturated rings. The second-order valence-electron chi connectivity index (χ2n) is 6.71. The van der Waals surface area contributed by atoms with Gasteiger partial charge in [0.1, 0.15) is 5.82 Å². The first kappa shape index (κ1) is 20.2. The number of ether oxygens (including phenoxy) is 1. The molecule has 1 N–H and O–H groups in total. The van der Waals surface area contributed by atoms with Crippen LogP contribution in [0.4, 0.5) is 4.39 Å². The Hall–Kier alpha value is -2.58. The largest absolute Gasteiger partial charge is 0.381 e. The summed E-state index contributed by atoms with van der Waals surface area (Å²) in [5.74, 6) is 0.303. The lowest BCUT2D eigenvalue weighted by Crippen LogP contribution is -2.26. The monoisotopic (exact) mass is 402 g/mol. The van der Waals surface area contributed by atoms with E-state index in [-0.39, 0.29) is 17.5 Å². The van der Waals surface area contributed by atoms with Gasteiger partial charge in [-0.1, -0.05) is 26.0 Å². The molecule has 2 heterocycles. The van der Waals surface area contributed by atoms with Crippen LogP contribution in [0.1, 0.15) is 30.9 Å². The predicted molar refractivity (Wildman–Crippen MR) is 107 cm³/mol. The van der Waals surface area contributed by atoms with Crippen molar-refractivity contribution in [3.8, 4) is 16.4 Å². The highest BCUT2D eigenvalue weighted by molar-refractivity contribution is 7.13. The van der Waals surface area contributed by atoms with Crippen molar-refractivity contribution in [1.82, 2.24) is 20.1 Å². The number of carbonyl (C=O) groups is 1. The average Bonchev–Trinajstić information content (AvgIpc) is 3.33. The van der Waals surface area contributed by atoms with Crippen molar-refractivity contribution in [2.24, 2.45) is 5.92 Å². The Bertz CT molecular complexity index is 909. The molecule has 3 aromatic rings. The average molecular weight is 402 g/mol. The molecule has 148 valence electrons. The molecule has 0 saturated carbocycles. The molecule has 28 heavy (non-hydrogen) atoms. The number of aromatic nitrogens is 3. The van der Waals surface area contributed by atoms with Gasteiger partial charge in [-0.15, -0.1) is 16.4 Å². The molecular formula is C20H23FN4O2S. The first-order valence-corrected chi connectivity index (χ1v) is 10.1. The maximum atomic E-state index is 13.7. The van der Waals surface area contributed by atoms with Gasteiger partial charge in [0.25, 0.3) is 5.91 Å². The van der Waals surface area contributed by atoms with E-state index in [9.17, 15) is 9.18 Å². The van der Waals surface area contributed by atoms with Crippen LogP contribution in [-0.2, 0) is 4.74 Å². The summed E-state index contributed by atoms with van der Waals surface area (Å²) in [5.41, 5.74) is 0.511. The third-order valence-electron chi connectivity index (χ3n) is 3.81. The van der Waals surface area contributed by atoms with E-state index in [2.05, 4.69) is 29.2 Å². The smallest absolute Gasteiger partial charge is 0.290 e. The second-order valence-corrected chi connectivity index (χ2v) is 7.65. The lowest BCUT2D eigenvalue weighted by Gasteiger charge is -2.06. The van der Waals surface area contributed by atoms with Crippen LogP contribution in [0.15, 0.2) is 41.8 Å². The number of halogens is 1. The molecule has 1 amide bonds. The lowest BCUT2D eigenvalue weighted by atomic mass is 10.2. The number of nitrogens with one attached hydrogen (secondary N) is 1. The zero-order valence-electron chi connectivity index (χ0n) is 15.9. The number of hydrogen-bond donors (Lipinski definition) is 1. The van der Waals surface area contributed by atoms with Crippen LogP contribution in [0.5, 0.6) is 0 Å².